The highest BCUT2D eigenvalue weighted by Crippen LogP contribution is 2.38. The molecule has 0 saturated heterocycles. The van der Waals surface area contributed by atoms with Gasteiger partial charge in [-0.1, -0.05) is 20.8 Å². The second-order valence-electron chi connectivity index (χ2n) is 5.89. The van der Waals surface area contributed by atoms with Crippen molar-refractivity contribution < 1.29 is 9.47 Å². The molecule has 1 N–H and O–H groups in total. The van der Waals surface area contributed by atoms with E-state index in [9.17, 15) is 0 Å². The van der Waals surface area contributed by atoms with Gasteiger partial charge in [0.25, 0.3) is 0 Å². The fourth-order valence-corrected chi connectivity index (χ4v) is 2.63. The number of nitrogens with one attached hydrogen (secondary N) is 1. The molecule has 1 saturated carbocycles. The molecule has 0 amide bonds. The number of rotatable bonds is 7. The first-order valence-electron chi connectivity index (χ1n) is 6.94. The summed E-state index contributed by atoms with van der Waals surface area (Å²) in [7, 11) is 0. The zero-order valence-electron chi connectivity index (χ0n) is 12.1. The molecule has 0 aromatic rings. The third-order valence-corrected chi connectivity index (χ3v) is 3.58. The van der Waals surface area contributed by atoms with Crippen molar-refractivity contribution in [1.29, 1.82) is 0 Å². The molecule has 1 rings (SSSR count). The molecule has 0 aromatic carbocycles. The Hall–Kier alpha value is -0.120. The maximum absolute atomic E-state index is 5.97. The molecule has 1 fully saturated rings. The lowest BCUT2D eigenvalue weighted by Crippen LogP contribution is -2.45. The van der Waals surface area contributed by atoms with E-state index >= 15 is 0 Å². The van der Waals surface area contributed by atoms with E-state index < -0.39 is 0 Å². The van der Waals surface area contributed by atoms with Crippen molar-refractivity contribution in [1.82, 2.24) is 5.32 Å². The molecule has 0 aliphatic heterocycles. The summed E-state index contributed by atoms with van der Waals surface area (Å²) in [6.07, 6.45) is 3.04. The van der Waals surface area contributed by atoms with Crippen LogP contribution in [0, 0.1) is 5.41 Å². The molecule has 0 heterocycles. The molecule has 1 aliphatic rings. The molecule has 0 radical (unpaired) electrons. The van der Waals surface area contributed by atoms with Crippen LogP contribution in [0.1, 0.15) is 47.5 Å². The molecule has 1 aliphatic carbocycles. The van der Waals surface area contributed by atoms with Gasteiger partial charge in [-0.2, -0.15) is 0 Å². The zero-order valence-corrected chi connectivity index (χ0v) is 12.1. The summed E-state index contributed by atoms with van der Waals surface area (Å²) in [5, 5.41) is 3.57. The molecule has 0 bridgehead atoms. The average Bonchev–Trinajstić information content (AvgIpc) is 2.51. The first-order valence-corrected chi connectivity index (χ1v) is 6.94. The van der Waals surface area contributed by atoms with E-state index in [-0.39, 0.29) is 0 Å². The molecule has 2 atom stereocenters. The van der Waals surface area contributed by atoms with Gasteiger partial charge in [-0.25, -0.2) is 0 Å². The smallest absolute Gasteiger partial charge is 0.0734 e. The standard InChI is InChI=1S/C14H29NO2/c1-6-15-13-12(7-8-14(13,4)5)17-10-9-16-11(2)3/h11-13,15H,6-10H2,1-5H3. The molecule has 102 valence electrons. The van der Waals surface area contributed by atoms with Gasteiger partial charge in [-0.15, -0.1) is 0 Å². The SMILES string of the molecule is CCNC1C(OCCOC(C)C)CCC1(C)C. The second kappa shape index (κ2) is 6.72. The normalized spacial score (nSPS) is 27.9. The lowest BCUT2D eigenvalue weighted by atomic mass is 9.87. The van der Waals surface area contributed by atoms with Crippen LogP contribution < -0.4 is 5.32 Å². The Morgan fingerprint density at radius 3 is 2.59 bits per heavy atom. The van der Waals surface area contributed by atoms with E-state index in [0.29, 0.717) is 36.9 Å². The summed E-state index contributed by atoms with van der Waals surface area (Å²) >= 11 is 0. The van der Waals surface area contributed by atoms with Crippen LogP contribution in [0.25, 0.3) is 0 Å². The quantitative estimate of drug-likeness (QED) is 0.697. The Kier molecular flexibility index (Phi) is 5.90. The third-order valence-electron chi connectivity index (χ3n) is 3.58. The zero-order chi connectivity index (χ0) is 12.9. The highest BCUT2D eigenvalue weighted by Gasteiger charge is 2.41. The van der Waals surface area contributed by atoms with Crippen LogP contribution >= 0.6 is 0 Å². The minimum absolute atomic E-state index is 0.295. The Bertz CT molecular complexity index is 216. The largest absolute Gasteiger partial charge is 0.376 e. The number of hydrogen-bond acceptors (Lipinski definition) is 3. The van der Waals surface area contributed by atoms with Gasteiger partial charge in [0.2, 0.25) is 0 Å². The average molecular weight is 243 g/mol. The van der Waals surface area contributed by atoms with Crippen molar-refractivity contribution >= 4 is 0 Å². The van der Waals surface area contributed by atoms with Gasteiger partial charge in [-0.3, -0.25) is 0 Å². The van der Waals surface area contributed by atoms with E-state index in [4.69, 9.17) is 9.47 Å². The number of likely N-dealkylation sites (N-methyl/N-ethyl adjacent to an activating group) is 1. The third kappa shape index (κ3) is 4.57. The fourth-order valence-electron chi connectivity index (χ4n) is 2.63. The molecule has 0 spiro atoms. The highest BCUT2D eigenvalue weighted by atomic mass is 16.5. The Balaban J connectivity index is 2.32. The van der Waals surface area contributed by atoms with Gasteiger partial charge in [0.05, 0.1) is 25.4 Å². The van der Waals surface area contributed by atoms with Gasteiger partial charge in [0.1, 0.15) is 0 Å². The summed E-state index contributed by atoms with van der Waals surface area (Å²) in [4.78, 5) is 0. The number of hydrogen-bond donors (Lipinski definition) is 1. The molecule has 2 unspecified atom stereocenters. The Labute approximate surface area is 106 Å². The van der Waals surface area contributed by atoms with Crippen LogP contribution in [-0.2, 0) is 9.47 Å². The molecular weight excluding hydrogens is 214 g/mol. The van der Waals surface area contributed by atoms with Gasteiger partial charge >= 0.3 is 0 Å². The fraction of sp³-hybridized carbons (Fsp3) is 1.00. The van der Waals surface area contributed by atoms with Crippen LogP contribution in [0.2, 0.25) is 0 Å². The van der Waals surface area contributed by atoms with Crippen LogP contribution in [0.4, 0.5) is 0 Å². The van der Waals surface area contributed by atoms with E-state index in [1.54, 1.807) is 0 Å². The topological polar surface area (TPSA) is 30.5 Å². The summed E-state index contributed by atoms with van der Waals surface area (Å²) < 4.78 is 11.5. The van der Waals surface area contributed by atoms with Gasteiger partial charge in [0, 0.05) is 6.04 Å². The molecule has 17 heavy (non-hydrogen) atoms. The summed E-state index contributed by atoms with van der Waals surface area (Å²) in [6, 6.07) is 0.478. The van der Waals surface area contributed by atoms with Crippen molar-refractivity contribution in [3.63, 3.8) is 0 Å². The van der Waals surface area contributed by atoms with Gasteiger partial charge in [0.15, 0.2) is 0 Å². The summed E-state index contributed by atoms with van der Waals surface area (Å²) in [6.45, 7) is 13.3. The van der Waals surface area contributed by atoms with E-state index in [1.807, 2.05) is 0 Å². The van der Waals surface area contributed by atoms with Crippen LogP contribution in [0.15, 0.2) is 0 Å². The monoisotopic (exact) mass is 243 g/mol. The first-order chi connectivity index (χ1) is 7.97. The molecule has 3 heteroatoms. The molecular formula is C14H29NO2. The van der Waals surface area contributed by atoms with Crippen molar-refractivity contribution in [3.05, 3.63) is 0 Å². The van der Waals surface area contributed by atoms with Crippen LogP contribution in [0.3, 0.4) is 0 Å². The minimum Gasteiger partial charge on any atom is -0.376 e. The lowest BCUT2D eigenvalue weighted by Gasteiger charge is -2.31. The van der Waals surface area contributed by atoms with E-state index in [0.717, 1.165) is 13.0 Å². The van der Waals surface area contributed by atoms with Crippen molar-refractivity contribution in [2.24, 2.45) is 5.41 Å². The minimum atomic E-state index is 0.295. The van der Waals surface area contributed by atoms with Gasteiger partial charge < -0.3 is 14.8 Å². The van der Waals surface area contributed by atoms with Crippen LogP contribution in [0.5, 0.6) is 0 Å². The predicted molar refractivity (Wildman–Crippen MR) is 71.3 cm³/mol. The van der Waals surface area contributed by atoms with E-state index in [2.05, 4.69) is 39.9 Å². The van der Waals surface area contributed by atoms with Crippen LogP contribution in [-0.4, -0.2) is 38.0 Å². The van der Waals surface area contributed by atoms with Crippen molar-refractivity contribution in [2.75, 3.05) is 19.8 Å². The summed E-state index contributed by atoms with van der Waals surface area (Å²) in [5.41, 5.74) is 0.347. The number of ether oxygens (including phenoxy) is 2. The Morgan fingerprint density at radius 1 is 1.29 bits per heavy atom. The van der Waals surface area contributed by atoms with Crippen molar-refractivity contribution in [3.8, 4) is 0 Å². The van der Waals surface area contributed by atoms with Crippen molar-refractivity contribution in [2.45, 2.75) is 65.7 Å². The van der Waals surface area contributed by atoms with Gasteiger partial charge in [-0.05, 0) is 38.6 Å². The predicted octanol–water partition coefficient (Wildman–Crippen LogP) is 2.59. The summed E-state index contributed by atoms with van der Waals surface area (Å²) in [5.74, 6) is 0. The Morgan fingerprint density at radius 2 is 2.00 bits per heavy atom. The maximum atomic E-state index is 5.97. The molecule has 3 nitrogen and oxygen atoms in total. The highest BCUT2D eigenvalue weighted by molar-refractivity contribution is 4.97. The lowest BCUT2D eigenvalue weighted by molar-refractivity contribution is -0.0238. The molecule has 0 aromatic heterocycles. The van der Waals surface area contributed by atoms with E-state index in [1.165, 1.54) is 6.42 Å². The maximum Gasteiger partial charge on any atom is 0.0734 e. The second-order valence-corrected chi connectivity index (χ2v) is 5.89. The first kappa shape index (κ1) is 14.9.